The van der Waals surface area contributed by atoms with Crippen molar-refractivity contribution in [1.82, 2.24) is 15.1 Å². The molecular weight excluding hydrogens is 238 g/mol. The molecule has 1 heterocycles. The SMILES string of the molecule is COc1ccc(C(C)NCCc2ccn(C)n2)cc1. The summed E-state index contributed by atoms with van der Waals surface area (Å²) in [5.41, 5.74) is 2.39. The van der Waals surface area contributed by atoms with Crippen LogP contribution >= 0.6 is 0 Å². The van der Waals surface area contributed by atoms with Crippen molar-refractivity contribution in [3.8, 4) is 5.75 Å². The molecule has 1 atom stereocenters. The molecule has 0 amide bonds. The summed E-state index contributed by atoms with van der Waals surface area (Å²) in [5.74, 6) is 0.893. The Hall–Kier alpha value is -1.81. The molecule has 1 aromatic carbocycles. The van der Waals surface area contributed by atoms with Crippen LogP contribution in [-0.2, 0) is 13.5 Å². The summed E-state index contributed by atoms with van der Waals surface area (Å²) in [6, 6.07) is 10.6. The van der Waals surface area contributed by atoms with Crippen molar-refractivity contribution in [2.24, 2.45) is 7.05 Å². The molecule has 0 fully saturated rings. The summed E-state index contributed by atoms with van der Waals surface area (Å²) in [4.78, 5) is 0. The topological polar surface area (TPSA) is 39.1 Å². The van der Waals surface area contributed by atoms with Crippen LogP contribution in [0.15, 0.2) is 36.5 Å². The van der Waals surface area contributed by atoms with Gasteiger partial charge in [0.15, 0.2) is 0 Å². The second-order valence-corrected chi connectivity index (χ2v) is 4.68. The highest BCUT2D eigenvalue weighted by Gasteiger charge is 2.05. The highest BCUT2D eigenvalue weighted by molar-refractivity contribution is 5.28. The number of nitrogens with zero attached hydrogens (tertiary/aromatic N) is 2. The molecule has 0 saturated heterocycles. The van der Waals surface area contributed by atoms with Gasteiger partial charge in [-0.1, -0.05) is 12.1 Å². The number of aromatic nitrogens is 2. The lowest BCUT2D eigenvalue weighted by Crippen LogP contribution is -2.21. The second-order valence-electron chi connectivity index (χ2n) is 4.68. The predicted octanol–water partition coefficient (Wildman–Crippen LogP) is 2.32. The van der Waals surface area contributed by atoms with Gasteiger partial charge in [0.25, 0.3) is 0 Å². The van der Waals surface area contributed by atoms with E-state index in [1.165, 1.54) is 5.56 Å². The van der Waals surface area contributed by atoms with E-state index in [4.69, 9.17) is 4.74 Å². The van der Waals surface area contributed by atoms with E-state index in [1.807, 2.05) is 30.1 Å². The molecule has 1 N–H and O–H groups in total. The molecule has 0 bridgehead atoms. The third-order valence-corrected chi connectivity index (χ3v) is 3.22. The monoisotopic (exact) mass is 259 g/mol. The van der Waals surface area contributed by atoms with Crippen LogP contribution in [-0.4, -0.2) is 23.4 Å². The lowest BCUT2D eigenvalue weighted by atomic mass is 10.1. The maximum absolute atomic E-state index is 5.16. The second kappa shape index (κ2) is 6.38. The van der Waals surface area contributed by atoms with E-state index in [0.29, 0.717) is 6.04 Å². The van der Waals surface area contributed by atoms with E-state index < -0.39 is 0 Å². The number of benzene rings is 1. The molecule has 4 nitrogen and oxygen atoms in total. The van der Waals surface area contributed by atoms with Crippen molar-refractivity contribution in [2.75, 3.05) is 13.7 Å². The lowest BCUT2D eigenvalue weighted by molar-refractivity contribution is 0.414. The molecule has 1 unspecified atom stereocenters. The summed E-state index contributed by atoms with van der Waals surface area (Å²) in [6.45, 7) is 3.09. The van der Waals surface area contributed by atoms with Crippen molar-refractivity contribution in [1.29, 1.82) is 0 Å². The van der Waals surface area contributed by atoms with Gasteiger partial charge in [-0.2, -0.15) is 5.10 Å². The minimum absolute atomic E-state index is 0.328. The molecule has 0 saturated carbocycles. The number of rotatable bonds is 6. The maximum Gasteiger partial charge on any atom is 0.118 e. The molecule has 4 heteroatoms. The van der Waals surface area contributed by atoms with E-state index in [0.717, 1.165) is 24.4 Å². The molecule has 2 rings (SSSR count). The summed E-state index contributed by atoms with van der Waals surface area (Å²) in [5, 5.41) is 7.87. The Kier molecular flexibility index (Phi) is 4.58. The van der Waals surface area contributed by atoms with Crippen molar-refractivity contribution in [3.05, 3.63) is 47.8 Å². The Labute approximate surface area is 114 Å². The zero-order chi connectivity index (χ0) is 13.7. The normalized spacial score (nSPS) is 12.4. The van der Waals surface area contributed by atoms with Crippen LogP contribution in [0.1, 0.15) is 24.2 Å². The van der Waals surface area contributed by atoms with Gasteiger partial charge >= 0.3 is 0 Å². The molecule has 19 heavy (non-hydrogen) atoms. The summed E-state index contributed by atoms with van der Waals surface area (Å²) in [6.07, 6.45) is 2.92. The van der Waals surface area contributed by atoms with E-state index in [-0.39, 0.29) is 0 Å². The smallest absolute Gasteiger partial charge is 0.118 e. The van der Waals surface area contributed by atoms with Crippen LogP contribution in [0.4, 0.5) is 0 Å². The summed E-state index contributed by atoms with van der Waals surface area (Å²) in [7, 11) is 3.63. The molecule has 102 valence electrons. The minimum atomic E-state index is 0.328. The van der Waals surface area contributed by atoms with Crippen molar-refractivity contribution >= 4 is 0 Å². The lowest BCUT2D eigenvalue weighted by Gasteiger charge is -2.14. The Morgan fingerprint density at radius 1 is 1.26 bits per heavy atom. The van der Waals surface area contributed by atoms with Gasteiger partial charge in [-0.05, 0) is 30.7 Å². The van der Waals surface area contributed by atoms with Gasteiger partial charge in [-0.15, -0.1) is 0 Å². The van der Waals surface area contributed by atoms with E-state index >= 15 is 0 Å². The molecule has 1 aromatic heterocycles. The zero-order valence-electron chi connectivity index (χ0n) is 11.8. The van der Waals surface area contributed by atoms with E-state index in [2.05, 4.69) is 35.5 Å². The van der Waals surface area contributed by atoms with Crippen LogP contribution < -0.4 is 10.1 Å². The Bertz CT molecular complexity index is 504. The van der Waals surface area contributed by atoms with Gasteiger partial charge in [-0.3, -0.25) is 4.68 Å². The van der Waals surface area contributed by atoms with Gasteiger partial charge in [0.05, 0.1) is 12.8 Å². The van der Waals surface area contributed by atoms with Gasteiger partial charge in [0.2, 0.25) is 0 Å². The average Bonchev–Trinajstić information content (AvgIpc) is 2.84. The Morgan fingerprint density at radius 3 is 2.58 bits per heavy atom. The van der Waals surface area contributed by atoms with Crippen molar-refractivity contribution in [3.63, 3.8) is 0 Å². The third-order valence-electron chi connectivity index (χ3n) is 3.22. The predicted molar refractivity (Wildman–Crippen MR) is 76.3 cm³/mol. The average molecular weight is 259 g/mol. The first-order chi connectivity index (χ1) is 9.19. The largest absolute Gasteiger partial charge is 0.497 e. The van der Waals surface area contributed by atoms with Crippen molar-refractivity contribution in [2.45, 2.75) is 19.4 Å². The van der Waals surface area contributed by atoms with Gasteiger partial charge < -0.3 is 10.1 Å². The fraction of sp³-hybridized carbons (Fsp3) is 0.400. The molecule has 2 aromatic rings. The Balaban J connectivity index is 1.81. The van der Waals surface area contributed by atoms with Gasteiger partial charge in [0.1, 0.15) is 5.75 Å². The molecular formula is C15H21N3O. The standard InChI is InChI=1S/C15H21N3O/c1-12(13-4-6-15(19-3)7-5-13)16-10-8-14-9-11-18(2)17-14/h4-7,9,11-12,16H,8,10H2,1-3H3. The number of aryl methyl sites for hydroxylation is 1. The van der Waals surface area contributed by atoms with Crippen molar-refractivity contribution < 1.29 is 4.74 Å². The van der Waals surface area contributed by atoms with Crippen LogP contribution in [0.25, 0.3) is 0 Å². The number of hydrogen-bond acceptors (Lipinski definition) is 3. The van der Waals surface area contributed by atoms with Gasteiger partial charge in [-0.25, -0.2) is 0 Å². The highest BCUT2D eigenvalue weighted by atomic mass is 16.5. The number of ether oxygens (including phenoxy) is 1. The number of methoxy groups -OCH3 is 1. The van der Waals surface area contributed by atoms with Crippen LogP contribution in [0.5, 0.6) is 5.75 Å². The third kappa shape index (κ3) is 3.83. The van der Waals surface area contributed by atoms with Crippen LogP contribution in [0.2, 0.25) is 0 Å². The summed E-state index contributed by atoms with van der Waals surface area (Å²) >= 11 is 0. The molecule has 0 aliphatic heterocycles. The van der Waals surface area contributed by atoms with Gasteiger partial charge in [0, 0.05) is 32.3 Å². The fourth-order valence-electron chi connectivity index (χ4n) is 2.02. The number of hydrogen-bond donors (Lipinski definition) is 1. The molecule has 0 aliphatic carbocycles. The first-order valence-electron chi connectivity index (χ1n) is 6.55. The fourth-order valence-corrected chi connectivity index (χ4v) is 2.02. The molecule has 0 radical (unpaired) electrons. The first-order valence-corrected chi connectivity index (χ1v) is 6.55. The van der Waals surface area contributed by atoms with Crippen LogP contribution in [0.3, 0.4) is 0 Å². The quantitative estimate of drug-likeness (QED) is 0.865. The molecule has 0 aliphatic rings. The summed E-state index contributed by atoms with van der Waals surface area (Å²) < 4.78 is 6.99. The number of nitrogens with one attached hydrogen (secondary N) is 1. The van der Waals surface area contributed by atoms with Crippen LogP contribution in [0, 0.1) is 0 Å². The minimum Gasteiger partial charge on any atom is -0.497 e. The van der Waals surface area contributed by atoms with E-state index in [9.17, 15) is 0 Å². The Morgan fingerprint density at radius 2 is 2.00 bits per heavy atom. The first kappa shape index (κ1) is 13.6. The maximum atomic E-state index is 5.16. The zero-order valence-corrected chi connectivity index (χ0v) is 11.8. The van der Waals surface area contributed by atoms with E-state index in [1.54, 1.807) is 7.11 Å². The highest BCUT2D eigenvalue weighted by Crippen LogP contribution is 2.17. The molecule has 0 spiro atoms.